The van der Waals surface area contributed by atoms with Crippen LogP contribution in [0.15, 0.2) is 122 Å². The number of rotatable bonds is 3. The summed E-state index contributed by atoms with van der Waals surface area (Å²) >= 11 is 5.42. The van der Waals surface area contributed by atoms with E-state index in [1.54, 1.807) is 11.3 Å². The predicted octanol–water partition coefficient (Wildman–Crippen LogP) is 11.4. The maximum Gasteiger partial charge on any atom is 0.159 e. The Balaban J connectivity index is 1.07. The molecule has 0 aliphatic heterocycles. The summed E-state index contributed by atoms with van der Waals surface area (Å²) in [7, 11) is 0. The molecule has 7 heteroatoms. The monoisotopic (exact) mass is 628 g/mol. The molecule has 0 atom stereocenters. The van der Waals surface area contributed by atoms with Gasteiger partial charge in [-0.1, -0.05) is 18.2 Å². The first-order valence-electron chi connectivity index (χ1n) is 14.6. The van der Waals surface area contributed by atoms with Crippen molar-refractivity contribution >= 4 is 94.5 Å². The molecule has 0 aliphatic rings. The summed E-state index contributed by atoms with van der Waals surface area (Å²) < 4.78 is 7.55. The van der Waals surface area contributed by atoms with Crippen LogP contribution in [0.1, 0.15) is 0 Å². The normalized spacial score (nSPS) is 12.0. The quantitative estimate of drug-likeness (QED) is 0.195. The molecule has 0 spiro atoms. The Morgan fingerprint density at radius 3 is 1.67 bits per heavy atom. The van der Waals surface area contributed by atoms with Gasteiger partial charge in [0.15, 0.2) is 5.82 Å². The van der Waals surface area contributed by atoms with Crippen molar-refractivity contribution in [1.29, 1.82) is 0 Å². The number of thiophene rings is 3. The molecule has 0 bridgehead atoms. The van der Waals surface area contributed by atoms with E-state index in [1.807, 2.05) is 59.7 Å². The third kappa shape index (κ3) is 4.02. The number of hydrogen-bond acceptors (Lipinski definition) is 7. The topological polar surface area (TPSA) is 51.6 Å². The molecular weight excluding hydrogens is 609 g/mol. The highest BCUT2D eigenvalue weighted by molar-refractivity contribution is 7.26. The first-order chi connectivity index (χ1) is 22.2. The summed E-state index contributed by atoms with van der Waals surface area (Å²) in [6.45, 7) is 0. The standard InChI is InChI=1S/C38H20N4S3/c1-5-33-27(15-21(1)22-2-6-35-29(16-22)30-19-39-13-11-36(30)44-35)28-18-24(4-8-34(28)43-33)38-41-14-10-31(42-38)23-3-7-32-26(17-23)25-9-12-40-20-37(25)45-32/h1-20H. The van der Waals surface area contributed by atoms with Crippen LogP contribution >= 0.6 is 34.0 Å². The van der Waals surface area contributed by atoms with Gasteiger partial charge in [-0.05, 0) is 83.9 Å². The molecule has 0 N–H and O–H groups in total. The van der Waals surface area contributed by atoms with E-state index in [2.05, 4.69) is 94.9 Å². The van der Waals surface area contributed by atoms with Crippen molar-refractivity contribution in [3.63, 3.8) is 0 Å². The number of nitrogens with zero attached hydrogens (tertiary/aromatic N) is 4. The summed E-state index contributed by atoms with van der Waals surface area (Å²) in [5, 5.41) is 7.43. The lowest BCUT2D eigenvalue weighted by Gasteiger charge is -2.06. The van der Waals surface area contributed by atoms with E-state index in [0.29, 0.717) is 0 Å². The van der Waals surface area contributed by atoms with Gasteiger partial charge in [-0.15, -0.1) is 34.0 Å². The molecule has 4 aromatic carbocycles. The van der Waals surface area contributed by atoms with Crippen molar-refractivity contribution in [2.75, 3.05) is 0 Å². The zero-order valence-electron chi connectivity index (χ0n) is 23.6. The molecule has 6 aromatic heterocycles. The summed E-state index contributed by atoms with van der Waals surface area (Å²) in [6, 6.07) is 33.0. The molecule has 10 rings (SSSR count). The Labute approximate surface area is 268 Å². The van der Waals surface area contributed by atoms with Gasteiger partial charge in [0.25, 0.3) is 0 Å². The largest absolute Gasteiger partial charge is 0.264 e. The molecular formula is C38H20N4S3. The molecule has 0 amide bonds. The number of aromatic nitrogens is 4. The zero-order valence-corrected chi connectivity index (χ0v) is 26.0. The summed E-state index contributed by atoms with van der Waals surface area (Å²) in [5.74, 6) is 0.729. The van der Waals surface area contributed by atoms with Crippen molar-refractivity contribution in [3.05, 3.63) is 122 Å². The van der Waals surface area contributed by atoms with Crippen LogP contribution in [0.3, 0.4) is 0 Å². The predicted molar refractivity (Wildman–Crippen MR) is 193 cm³/mol. The van der Waals surface area contributed by atoms with Crippen LogP contribution in [0.5, 0.6) is 0 Å². The maximum absolute atomic E-state index is 5.05. The van der Waals surface area contributed by atoms with Crippen molar-refractivity contribution < 1.29 is 0 Å². The molecule has 0 fully saturated rings. The molecule has 210 valence electrons. The van der Waals surface area contributed by atoms with E-state index in [4.69, 9.17) is 9.97 Å². The van der Waals surface area contributed by atoms with Gasteiger partial charge < -0.3 is 0 Å². The lowest BCUT2D eigenvalue weighted by molar-refractivity contribution is 1.18. The van der Waals surface area contributed by atoms with Crippen LogP contribution in [0.2, 0.25) is 0 Å². The number of hydrogen-bond donors (Lipinski definition) is 0. The molecule has 4 nitrogen and oxygen atoms in total. The minimum absolute atomic E-state index is 0.729. The van der Waals surface area contributed by atoms with E-state index < -0.39 is 0 Å². The van der Waals surface area contributed by atoms with Gasteiger partial charge in [-0.2, -0.15) is 0 Å². The molecule has 0 aliphatic carbocycles. The third-order valence-electron chi connectivity index (χ3n) is 8.56. The van der Waals surface area contributed by atoms with Crippen LogP contribution in [0.4, 0.5) is 0 Å². The molecule has 0 radical (unpaired) electrons. The van der Waals surface area contributed by atoms with E-state index in [-0.39, 0.29) is 0 Å². The second kappa shape index (κ2) is 9.71. The molecule has 45 heavy (non-hydrogen) atoms. The fourth-order valence-electron chi connectivity index (χ4n) is 6.35. The van der Waals surface area contributed by atoms with E-state index in [0.717, 1.165) is 22.6 Å². The van der Waals surface area contributed by atoms with E-state index in [9.17, 15) is 0 Å². The number of pyridine rings is 2. The Bertz CT molecular complexity index is 2790. The van der Waals surface area contributed by atoms with Gasteiger partial charge in [0.2, 0.25) is 0 Å². The molecule has 0 unspecified atom stereocenters. The molecule has 0 saturated heterocycles. The lowest BCUT2D eigenvalue weighted by atomic mass is 10.0. The van der Waals surface area contributed by atoms with Crippen molar-refractivity contribution in [2.45, 2.75) is 0 Å². The zero-order chi connectivity index (χ0) is 29.5. The van der Waals surface area contributed by atoms with E-state index in [1.165, 1.54) is 71.6 Å². The van der Waals surface area contributed by atoms with Gasteiger partial charge in [0.1, 0.15) is 0 Å². The van der Waals surface area contributed by atoms with Gasteiger partial charge >= 0.3 is 0 Å². The Kier molecular flexibility index (Phi) is 5.45. The first kappa shape index (κ1) is 25.3. The fraction of sp³-hybridized carbons (Fsp3) is 0. The number of benzene rings is 4. The smallest absolute Gasteiger partial charge is 0.159 e. The van der Waals surface area contributed by atoms with Crippen LogP contribution in [0.25, 0.3) is 94.3 Å². The van der Waals surface area contributed by atoms with Crippen molar-refractivity contribution in [3.8, 4) is 33.8 Å². The fourth-order valence-corrected chi connectivity index (χ4v) is 9.52. The second-order valence-corrected chi connectivity index (χ2v) is 14.4. The SMILES string of the molecule is c1cc2c(cn1)sc1ccc(-c3ccnc(-c4ccc5sc6ccc(-c7ccc8sc9ccncc9c8c7)cc6c5c4)n3)cc12. The Morgan fingerprint density at radius 2 is 0.911 bits per heavy atom. The van der Waals surface area contributed by atoms with Crippen LogP contribution in [-0.2, 0) is 0 Å². The van der Waals surface area contributed by atoms with Crippen molar-refractivity contribution in [2.24, 2.45) is 0 Å². The first-order valence-corrected chi connectivity index (χ1v) is 17.0. The van der Waals surface area contributed by atoms with E-state index >= 15 is 0 Å². The highest BCUT2D eigenvalue weighted by Gasteiger charge is 2.13. The second-order valence-electron chi connectivity index (χ2n) is 11.2. The molecule has 0 saturated carbocycles. The average molecular weight is 629 g/mol. The highest BCUT2D eigenvalue weighted by atomic mass is 32.1. The molecule has 10 aromatic rings. The third-order valence-corrected chi connectivity index (χ3v) is 12.0. The summed E-state index contributed by atoms with van der Waals surface area (Å²) in [4.78, 5) is 18.4. The maximum atomic E-state index is 5.05. The van der Waals surface area contributed by atoms with Gasteiger partial charge in [-0.25, -0.2) is 9.97 Å². The van der Waals surface area contributed by atoms with Gasteiger partial charge in [0, 0.05) is 97.9 Å². The Hall–Kier alpha value is -5.08. The summed E-state index contributed by atoms with van der Waals surface area (Å²) in [6.07, 6.45) is 9.52. The minimum Gasteiger partial charge on any atom is -0.264 e. The summed E-state index contributed by atoms with van der Waals surface area (Å²) in [5.41, 5.74) is 5.44. The minimum atomic E-state index is 0.729. The Morgan fingerprint density at radius 1 is 0.378 bits per heavy atom. The highest BCUT2D eigenvalue weighted by Crippen LogP contribution is 2.41. The van der Waals surface area contributed by atoms with Gasteiger partial charge in [0.05, 0.1) is 10.4 Å². The average Bonchev–Trinajstić information content (AvgIpc) is 3.78. The van der Waals surface area contributed by atoms with Crippen LogP contribution in [-0.4, -0.2) is 19.9 Å². The van der Waals surface area contributed by atoms with Crippen molar-refractivity contribution in [1.82, 2.24) is 19.9 Å². The van der Waals surface area contributed by atoms with Crippen LogP contribution < -0.4 is 0 Å². The van der Waals surface area contributed by atoms with Gasteiger partial charge in [-0.3, -0.25) is 9.97 Å². The van der Waals surface area contributed by atoms with Crippen LogP contribution in [0, 0.1) is 0 Å². The lowest BCUT2D eigenvalue weighted by Crippen LogP contribution is -1.91. The number of fused-ring (bicyclic) bond motifs is 9. The molecule has 6 heterocycles.